The van der Waals surface area contributed by atoms with Crippen molar-refractivity contribution in [2.75, 3.05) is 11.1 Å². The van der Waals surface area contributed by atoms with Crippen LogP contribution in [0, 0.1) is 6.92 Å². The lowest BCUT2D eigenvalue weighted by Crippen LogP contribution is -2.12. The van der Waals surface area contributed by atoms with Crippen molar-refractivity contribution in [1.29, 1.82) is 0 Å². The number of rotatable bonds is 3. The summed E-state index contributed by atoms with van der Waals surface area (Å²) in [5.74, 6) is -0.808. The zero-order valence-electron chi connectivity index (χ0n) is 13.7. The molecule has 0 aliphatic heterocycles. The maximum Gasteiger partial charge on any atom is 0.294 e. The second-order valence-electron chi connectivity index (χ2n) is 5.85. The van der Waals surface area contributed by atoms with Crippen LogP contribution in [-0.4, -0.2) is 24.0 Å². The van der Waals surface area contributed by atoms with Gasteiger partial charge in [-0.15, -0.1) is 0 Å². The van der Waals surface area contributed by atoms with Crippen LogP contribution in [0.2, 0.25) is 0 Å². The Labute approximate surface area is 149 Å². The molecule has 3 rings (SSSR count). The average Bonchev–Trinajstić information content (AvgIpc) is 2.56. The summed E-state index contributed by atoms with van der Waals surface area (Å²) in [6.45, 7) is 1.83. The third kappa shape index (κ3) is 3.32. The molecule has 0 aliphatic carbocycles. The number of phenolic OH excluding ortho intramolecular Hbond substituents is 1. The Hall–Kier alpha value is -3.10. The van der Waals surface area contributed by atoms with Crippen LogP contribution in [0.15, 0.2) is 53.4 Å². The van der Waals surface area contributed by atoms with Crippen molar-refractivity contribution < 1.29 is 22.9 Å². The summed E-state index contributed by atoms with van der Waals surface area (Å²) in [5, 5.41) is 13.5. The molecule has 0 aliphatic rings. The number of nitrogen functional groups attached to an aromatic ring is 1. The molecule has 3 aromatic carbocycles. The van der Waals surface area contributed by atoms with E-state index in [1.54, 1.807) is 36.4 Å². The van der Waals surface area contributed by atoms with Crippen molar-refractivity contribution in [1.82, 2.24) is 0 Å². The molecular formula is C18H16N2O5S. The third-order valence-electron chi connectivity index (χ3n) is 4.02. The standard InChI is InChI=1S/C18H16N2O5S/c1-10-5-6-12(8-14(10)19)18(22)20-15-4-2-3-11-7-13(26(23,24)25)9-16(21)17(11)15/h2-9,21H,19H2,1H3,(H,20,22)(H,23,24,25). The lowest BCUT2D eigenvalue weighted by Gasteiger charge is -2.12. The van der Waals surface area contributed by atoms with Crippen LogP contribution < -0.4 is 11.1 Å². The predicted octanol–water partition coefficient (Wildman–Crippen LogP) is 2.94. The van der Waals surface area contributed by atoms with Crippen LogP contribution >= 0.6 is 0 Å². The minimum absolute atomic E-state index is 0.258. The van der Waals surface area contributed by atoms with E-state index in [4.69, 9.17) is 10.3 Å². The molecule has 0 unspecified atom stereocenters. The van der Waals surface area contributed by atoms with Crippen LogP contribution in [-0.2, 0) is 10.1 Å². The topological polar surface area (TPSA) is 130 Å². The maximum absolute atomic E-state index is 12.5. The summed E-state index contributed by atoms with van der Waals surface area (Å²) < 4.78 is 31.8. The highest BCUT2D eigenvalue weighted by Gasteiger charge is 2.16. The van der Waals surface area contributed by atoms with Gasteiger partial charge in [0.2, 0.25) is 0 Å². The molecule has 7 nitrogen and oxygen atoms in total. The molecular weight excluding hydrogens is 356 g/mol. The summed E-state index contributed by atoms with van der Waals surface area (Å²) in [6, 6.07) is 11.8. The Morgan fingerprint density at radius 2 is 1.85 bits per heavy atom. The number of nitrogens with one attached hydrogen (secondary N) is 1. The van der Waals surface area contributed by atoms with E-state index in [1.165, 1.54) is 6.07 Å². The third-order valence-corrected chi connectivity index (χ3v) is 4.85. The van der Waals surface area contributed by atoms with Crippen LogP contribution in [0.4, 0.5) is 11.4 Å². The summed E-state index contributed by atoms with van der Waals surface area (Å²) in [7, 11) is -4.47. The number of aromatic hydroxyl groups is 1. The van der Waals surface area contributed by atoms with Gasteiger partial charge in [-0.05, 0) is 42.1 Å². The van der Waals surface area contributed by atoms with Gasteiger partial charge in [0.1, 0.15) is 5.75 Å². The quantitative estimate of drug-likeness (QED) is 0.413. The fraction of sp³-hybridized carbons (Fsp3) is 0.0556. The van der Waals surface area contributed by atoms with Crippen LogP contribution in [0.1, 0.15) is 15.9 Å². The average molecular weight is 372 g/mol. The van der Waals surface area contributed by atoms with Crippen LogP contribution in [0.25, 0.3) is 10.8 Å². The Morgan fingerprint density at radius 1 is 1.12 bits per heavy atom. The van der Waals surface area contributed by atoms with Gasteiger partial charge in [0.15, 0.2) is 0 Å². The van der Waals surface area contributed by atoms with E-state index in [0.29, 0.717) is 22.3 Å². The van der Waals surface area contributed by atoms with E-state index in [-0.39, 0.29) is 11.1 Å². The highest BCUT2D eigenvalue weighted by atomic mass is 32.2. The Bertz CT molecular complexity index is 1140. The molecule has 1 amide bonds. The number of phenols is 1. The number of carbonyl (C=O) groups is 1. The number of fused-ring (bicyclic) bond motifs is 1. The minimum Gasteiger partial charge on any atom is -0.507 e. The fourth-order valence-corrected chi connectivity index (χ4v) is 3.14. The van der Waals surface area contributed by atoms with Crippen LogP contribution in [0.5, 0.6) is 5.75 Å². The number of anilines is 2. The molecule has 8 heteroatoms. The molecule has 0 radical (unpaired) electrons. The van der Waals surface area contributed by atoms with Gasteiger partial charge in [-0.2, -0.15) is 8.42 Å². The number of benzene rings is 3. The molecule has 3 aromatic rings. The van der Waals surface area contributed by atoms with Gasteiger partial charge >= 0.3 is 0 Å². The number of hydrogen-bond donors (Lipinski definition) is 4. The van der Waals surface area contributed by atoms with Crippen LogP contribution in [0.3, 0.4) is 0 Å². The molecule has 0 bridgehead atoms. The SMILES string of the molecule is Cc1ccc(C(=O)Nc2cccc3cc(S(=O)(=O)O)cc(O)c23)cc1N. The Balaban J connectivity index is 2.05. The first-order valence-corrected chi connectivity index (χ1v) is 9.01. The first-order chi connectivity index (χ1) is 12.2. The van der Waals surface area contributed by atoms with Gasteiger partial charge in [-0.3, -0.25) is 9.35 Å². The molecule has 0 heterocycles. The van der Waals surface area contributed by atoms with Crippen molar-refractivity contribution >= 4 is 38.2 Å². The molecule has 134 valence electrons. The van der Waals surface area contributed by atoms with E-state index >= 15 is 0 Å². The predicted molar refractivity (Wildman–Crippen MR) is 99.0 cm³/mol. The molecule has 0 aromatic heterocycles. The fourth-order valence-electron chi connectivity index (χ4n) is 2.61. The van der Waals surface area contributed by atoms with Crippen molar-refractivity contribution in [3.05, 3.63) is 59.7 Å². The van der Waals surface area contributed by atoms with Gasteiger partial charge in [0, 0.05) is 22.7 Å². The highest BCUT2D eigenvalue weighted by molar-refractivity contribution is 7.85. The molecule has 0 fully saturated rings. The van der Waals surface area contributed by atoms with Gasteiger partial charge in [0.25, 0.3) is 16.0 Å². The van der Waals surface area contributed by atoms with Gasteiger partial charge in [-0.25, -0.2) is 0 Å². The lowest BCUT2D eigenvalue weighted by molar-refractivity contribution is 0.102. The van der Waals surface area contributed by atoms with E-state index in [2.05, 4.69) is 5.32 Å². The van der Waals surface area contributed by atoms with Crippen molar-refractivity contribution in [2.24, 2.45) is 0 Å². The molecule has 0 saturated carbocycles. The molecule has 0 spiro atoms. The summed E-state index contributed by atoms with van der Waals surface area (Å²) >= 11 is 0. The van der Waals surface area contributed by atoms with E-state index < -0.39 is 20.9 Å². The highest BCUT2D eigenvalue weighted by Crippen LogP contribution is 2.34. The second kappa shape index (κ2) is 6.32. The number of carbonyl (C=O) groups excluding carboxylic acids is 1. The Kier molecular flexibility index (Phi) is 4.31. The lowest BCUT2D eigenvalue weighted by atomic mass is 10.1. The molecule has 0 atom stereocenters. The van der Waals surface area contributed by atoms with Crippen molar-refractivity contribution in [2.45, 2.75) is 11.8 Å². The zero-order valence-corrected chi connectivity index (χ0v) is 14.5. The first-order valence-electron chi connectivity index (χ1n) is 7.57. The smallest absolute Gasteiger partial charge is 0.294 e. The largest absolute Gasteiger partial charge is 0.507 e. The van der Waals surface area contributed by atoms with Gasteiger partial charge < -0.3 is 16.2 Å². The van der Waals surface area contributed by atoms with E-state index in [9.17, 15) is 18.3 Å². The van der Waals surface area contributed by atoms with Crippen molar-refractivity contribution in [3.8, 4) is 5.75 Å². The number of hydrogen-bond acceptors (Lipinski definition) is 5. The normalized spacial score (nSPS) is 11.5. The van der Waals surface area contributed by atoms with Gasteiger partial charge in [-0.1, -0.05) is 18.2 Å². The number of nitrogens with two attached hydrogens (primary N) is 1. The van der Waals surface area contributed by atoms with E-state index in [0.717, 1.165) is 11.6 Å². The molecule has 0 saturated heterocycles. The molecule has 5 N–H and O–H groups in total. The summed E-state index contributed by atoms with van der Waals surface area (Å²) in [6.07, 6.45) is 0. The molecule has 26 heavy (non-hydrogen) atoms. The Morgan fingerprint density at radius 3 is 2.50 bits per heavy atom. The summed E-state index contributed by atoms with van der Waals surface area (Å²) in [5.41, 5.74) is 7.80. The second-order valence-corrected chi connectivity index (χ2v) is 7.27. The monoisotopic (exact) mass is 372 g/mol. The van der Waals surface area contributed by atoms with Crippen molar-refractivity contribution in [3.63, 3.8) is 0 Å². The maximum atomic E-state index is 12.5. The minimum atomic E-state index is -4.47. The van der Waals surface area contributed by atoms with Gasteiger partial charge in [0.05, 0.1) is 10.6 Å². The summed E-state index contributed by atoms with van der Waals surface area (Å²) in [4.78, 5) is 12.0. The van der Waals surface area contributed by atoms with E-state index in [1.807, 2.05) is 6.92 Å². The number of aryl methyl sites for hydroxylation is 1. The number of amides is 1. The first kappa shape index (κ1) is 17.7. The zero-order chi connectivity index (χ0) is 19.1.